The molecule has 0 aliphatic carbocycles. The minimum Gasteiger partial charge on any atom is -0.444 e. The molecule has 9 nitrogen and oxygen atoms in total. The first kappa shape index (κ1) is 28.3. The number of amides is 2. The molecule has 2 unspecified atom stereocenters. The number of aromatic amines is 1. The van der Waals surface area contributed by atoms with Crippen molar-refractivity contribution in [3.8, 4) is 11.1 Å². The monoisotopic (exact) mass is 586 g/mol. The van der Waals surface area contributed by atoms with Crippen LogP contribution in [-0.2, 0) is 32.0 Å². The van der Waals surface area contributed by atoms with Crippen LogP contribution in [0.5, 0.6) is 0 Å². The number of carbonyl (C=O) groups is 2. The van der Waals surface area contributed by atoms with Gasteiger partial charge in [0.2, 0.25) is 5.91 Å². The topological polar surface area (TPSA) is 97.0 Å². The summed E-state index contributed by atoms with van der Waals surface area (Å²) in [7, 11) is 0. The number of pyridine rings is 1. The van der Waals surface area contributed by atoms with Crippen molar-refractivity contribution >= 4 is 23.0 Å². The van der Waals surface area contributed by atoms with E-state index in [1.165, 1.54) is 5.56 Å². The first-order chi connectivity index (χ1) is 20.6. The van der Waals surface area contributed by atoms with Crippen molar-refractivity contribution in [2.75, 3.05) is 26.3 Å². The van der Waals surface area contributed by atoms with Gasteiger partial charge in [-0.05, 0) is 99.7 Å². The molecule has 7 rings (SSSR count). The fraction of sp³-hybridized carbons (Fsp3) is 0.559. The number of hydrogen-bond donors (Lipinski definition) is 1. The number of nitrogens with one attached hydrogen (secondary N) is 1. The molecule has 4 aliphatic heterocycles. The molecule has 3 fully saturated rings. The lowest BCUT2D eigenvalue weighted by atomic mass is 9.86. The molecule has 6 heterocycles. The lowest BCUT2D eigenvalue weighted by Gasteiger charge is -2.40. The van der Waals surface area contributed by atoms with E-state index in [0.717, 1.165) is 71.0 Å². The molecular weight excluding hydrogens is 544 g/mol. The van der Waals surface area contributed by atoms with Crippen molar-refractivity contribution in [3.05, 3.63) is 52.8 Å². The number of hydrogen-bond acceptors (Lipinski definition) is 6. The fourth-order valence-corrected chi connectivity index (χ4v) is 7.36. The number of aryl methyl sites for hydroxylation is 1. The Kier molecular flexibility index (Phi) is 7.21. The van der Waals surface area contributed by atoms with Crippen LogP contribution in [0.2, 0.25) is 0 Å². The first-order valence-electron chi connectivity index (χ1n) is 15.7. The van der Waals surface area contributed by atoms with Gasteiger partial charge in [-0.25, -0.2) is 9.78 Å². The predicted octanol–water partition coefficient (Wildman–Crippen LogP) is 5.69. The van der Waals surface area contributed by atoms with Crippen LogP contribution in [0.25, 0.3) is 22.2 Å². The number of rotatable bonds is 3. The molecule has 1 N–H and O–H groups in total. The van der Waals surface area contributed by atoms with E-state index in [2.05, 4.69) is 30.1 Å². The molecule has 3 atom stereocenters. The minimum absolute atomic E-state index is 0.0224. The highest BCUT2D eigenvalue weighted by atomic mass is 16.6. The molecular formula is C34H42N4O5. The summed E-state index contributed by atoms with van der Waals surface area (Å²) in [5.41, 5.74) is 6.84. The third-order valence-electron chi connectivity index (χ3n) is 9.51. The Bertz CT molecular complexity index is 1550. The zero-order valence-electron chi connectivity index (χ0n) is 25.7. The Hall–Kier alpha value is -3.43. The van der Waals surface area contributed by atoms with Crippen LogP contribution in [0.15, 0.2) is 30.6 Å². The van der Waals surface area contributed by atoms with Gasteiger partial charge in [0.05, 0.1) is 31.5 Å². The molecule has 43 heavy (non-hydrogen) atoms. The molecule has 2 aromatic heterocycles. The van der Waals surface area contributed by atoms with Crippen LogP contribution in [0.3, 0.4) is 0 Å². The quantitative estimate of drug-likeness (QED) is 0.424. The minimum atomic E-state index is -0.608. The lowest BCUT2D eigenvalue weighted by molar-refractivity contribution is -0.142. The maximum Gasteiger partial charge on any atom is 0.410 e. The van der Waals surface area contributed by atoms with E-state index < -0.39 is 5.60 Å². The van der Waals surface area contributed by atoms with E-state index in [1.54, 1.807) is 0 Å². The summed E-state index contributed by atoms with van der Waals surface area (Å²) < 4.78 is 17.9. The highest BCUT2D eigenvalue weighted by molar-refractivity contribution is 5.85. The highest BCUT2D eigenvalue weighted by Gasteiger charge is 2.41. The van der Waals surface area contributed by atoms with Crippen LogP contribution < -0.4 is 0 Å². The number of nitrogens with zero attached hydrogens (tertiary/aromatic N) is 3. The van der Waals surface area contributed by atoms with E-state index in [-0.39, 0.29) is 36.2 Å². The van der Waals surface area contributed by atoms with E-state index >= 15 is 0 Å². The molecule has 3 saturated heterocycles. The first-order valence-corrected chi connectivity index (χ1v) is 15.7. The van der Waals surface area contributed by atoms with Gasteiger partial charge in [0.25, 0.3) is 0 Å². The van der Waals surface area contributed by atoms with Crippen LogP contribution in [0.1, 0.15) is 74.8 Å². The Morgan fingerprint density at radius 3 is 2.63 bits per heavy atom. The number of carbonyl (C=O) groups excluding carboxylic acids is 2. The molecule has 3 aromatic rings. The zero-order valence-corrected chi connectivity index (χ0v) is 25.7. The smallest absolute Gasteiger partial charge is 0.410 e. The summed E-state index contributed by atoms with van der Waals surface area (Å²) in [5.74, 6) is 0.261. The van der Waals surface area contributed by atoms with E-state index in [9.17, 15) is 9.59 Å². The molecule has 9 heteroatoms. The molecule has 1 aromatic carbocycles. The number of fused-ring (bicyclic) bond motifs is 4. The average molecular weight is 587 g/mol. The second-order valence-electron chi connectivity index (χ2n) is 13.7. The average Bonchev–Trinajstić information content (AvgIpc) is 3.54. The summed E-state index contributed by atoms with van der Waals surface area (Å²) in [6.07, 6.45) is 8.52. The lowest BCUT2D eigenvalue weighted by Crippen LogP contribution is -2.47. The second-order valence-corrected chi connectivity index (χ2v) is 13.7. The predicted molar refractivity (Wildman–Crippen MR) is 163 cm³/mol. The van der Waals surface area contributed by atoms with Gasteiger partial charge in [0.15, 0.2) is 0 Å². The largest absolute Gasteiger partial charge is 0.444 e. The molecule has 228 valence electrons. The van der Waals surface area contributed by atoms with Crippen LogP contribution in [-0.4, -0.2) is 75.9 Å². The van der Waals surface area contributed by atoms with E-state index in [4.69, 9.17) is 19.2 Å². The Balaban J connectivity index is 1.27. The van der Waals surface area contributed by atoms with Crippen LogP contribution >= 0.6 is 0 Å². The van der Waals surface area contributed by atoms with Crippen molar-refractivity contribution in [1.82, 2.24) is 19.8 Å². The fourth-order valence-electron chi connectivity index (χ4n) is 7.36. The van der Waals surface area contributed by atoms with Crippen molar-refractivity contribution in [3.63, 3.8) is 0 Å². The van der Waals surface area contributed by atoms with Gasteiger partial charge in [-0.2, -0.15) is 0 Å². The van der Waals surface area contributed by atoms with Crippen LogP contribution in [0.4, 0.5) is 4.79 Å². The summed E-state index contributed by atoms with van der Waals surface area (Å²) in [5, 5.41) is 1.09. The zero-order chi connectivity index (χ0) is 29.9. The number of H-pyrrole nitrogens is 1. The van der Waals surface area contributed by atoms with Gasteiger partial charge in [-0.15, -0.1) is 0 Å². The van der Waals surface area contributed by atoms with Crippen molar-refractivity contribution in [2.24, 2.45) is 5.92 Å². The summed E-state index contributed by atoms with van der Waals surface area (Å²) in [4.78, 5) is 39.1. The third kappa shape index (κ3) is 5.53. The van der Waals surface area contributed by atoms with E-state index in [0.29, 0.717) is 32.8 Å². The summed E-state index contributed by atoms with van der Waals surface area (Å²) >= 11 is 0. The molecule has 0 saturated carbocycles. The maximum absolute atomic E-state index is 13.9. The second kappa shape index (κ2) is 10.9. The molecule has 4 aliphatic rings. The van der Waals surface area contributed by atoms with Crippen molar-refractivity contribution in [1.29, 1.82) is 0 Å². The van der Waals surface area contributed by atoms with Gasteiger partial charge in [-0.1, -0.05) is 6.07 Å². The maximum atomic E-state index is 13.9. The van der Waals surface area contributed by atoms with Gasteiger partial charge in [0.1, 0.15) is 11.2 Å². The number of morpholine rings is 1. The van der Waals surface area contributed by atoms with Gasteiger partial charge >= 0.3 is 6.09 Å². The Morgan fingerprint density at radius 1 is 1.07 bits per heavy atom. The summed E-state index contributed by atoms with van der Waals surface area (Å²) in [6.45, 7) is 10.2. The van der Waals surface area contributed by atoms with E-state index in [1.807, 2.05) is 43.0 Å². The summed E-state index contributed by atoms with van der Waals surface area (Å²) in [6, 6.07) is 6.29. The molecule has 2 amide bonds. The standard InChI is InChI=1S/C34H42N4O5/c1-20-16-35-31-27(20)15-24(17-36-31)22-11-21-7-8-37(32(39)23-12-25-5-6-26(13-23)42-25)18-29(21)28(14-22)30-19-41-10-9-38(30)33(40)43-34(2,3)4/h11,14-17,23,25-26,30H,5-10,12-13,18-19H2,1-4H3,(H,35,36)/t23?,25?,26?,30-/m0/s1. The normalized spacial score (nSPS) is 25.6. The highest BCUT2D eigenvalue weighted by Crippen LogP contribution is 2.40. The molecule has 2 bridgehead atoms. The van der Waals surface area contributed by atoms with Gasteiger partial charge in [0, 0.05) is 48.9 Å². The van der Waals surface area contributed by atoms with Crippen LogP contribution in [0, 0.1) is 12.8 Å². The van der Waals surface area contributed by atoms with Crippen molar-refractivity contribution < 1.29 is 23.8 Å². The number of benzene rings is 1. The SMILES string of the molecule is Cc1c[nH]c2ncc(-c3cc4c(c([C@@H]5COCCN5C(=O)OC(C)(C)C)c3)CN(C(=O)C3CC5CCC(C3)O5)CC4)cc12. The number of ether oxygens (including phenoxy) is 3. The molecule has 0 spiro atoms. The Labute approximate surface area is 252 Å². The van der Waals surface area contributed by atoms with Gasteiger partial charge in [-0.3, -0.25) is 9.69 Å². The van der Waals surface area contributed by atoms with Gasteiger partial charge < -0.3 is 24.1 Å². The third-order valence-corrected chi connectivity index (χ3v) is 9.51. The van der Waals surface area contributed by atoms with Crippen molar-refractivity contribution in [2.45, 2.75) is 90.2 Å². The Morgan fingerprint density at radius 2 is 1.86 bits per heavy atom. The molecule has 0 radical (unpaired) electrons. The number of aromatic nitrogens is 2.